The number of aliphatic hydroxyl groups excluding tert-OH is 1. The molecule has 0 aromatic heterocycles. The Balaban J connectivity index is -0.00000160. The monoisotopic (exact) mass is 1610 g/mol. The number of ether oxygens (including phenoxy) is 8. The van der Waals surface area contributed by atoms with Gasteiger partial charge in [-0.15, -0.1) is 11.6 Å². The van der Waals surface area contributed by atoms with Crippen LogP contribution in [-0.2, 0) is 47.5 Å². The van der Waals surface area contributed by atoms with Crippen molar-refractivity contribution in [1.29, 1.82) is 0 Å². The number of rotatable bonds is 95. The second kappa shape index (κ2) is 106. The van der Waals surface area contributed by atoms with Crippen LogP contribution in [-0.4, -0.2) is 146 Å². The summed E-state index contributed by atoms with van der Waals surface area (Å²) in [4.78, 5) is 25.3. The number of nitrogens with zero attached hydrogens (tertiary/aromatic N) is 1. The third-order valence-corrected chi connectivity index (χ3v) is 22.2. The predicted octanol–water partition coefficient (Wildman–Crippen LogP) is 30.3. The Morgan fingerprint density at radius 1 is 0.241 bits per heavy atom. The first-order valence-corrected chi connectivity index (χ1v) is 50.4. The summed E-state index contributed by atoms with van der Waals surface area (Å²) in [6, 6.07) is 0. The Labute approximate surface area is 705 Å². The van der Waals surface area contributed by atoms with Crippen molar-refractivity contribution in [1.82, 2.24) is 4.90 Å². The number of esters is 2. The fourth-order valence-electron chi connectivity index (χ4n) is 14.5. The maximum Gasteiger partial charge on any atom is 0.320 e. The SMILES string of the molecule is CCCCCCCCCCCCCCOCC(CO)OCCCCCCCCCCCCCC.CCCCCCCCCCCCCCOCC(COC(=O)CCl)OCCCCCCCCCCCCCC.CCCCCCCCCCCCCCOCC(COC(=O)CN(C)C)OCCCCCCCCCCCCCC. The summed E-state index contributed by atoms with van der Waals surface area (Å²) in [5, 5.41) is 9.52. The van der Waals surface area contributed by atoms with Gasteiger partial charge in [-0.1, -0.05) is 465 Å². The van der Waals surface area contributed by atoms with Gasteiger partial charge in [-0.25, -0.2) is 0 Å². The first kappa shape index (κ1) is 115. The van der Waals surface area contributed by atoms with Crippen LogP contribution in [0.1, 0.15) is 504 Å². The van der Waals surface area contributed by atoms with Gasteiger partial charge >= 0.3 is 11.9 Å². The van der Waals surface area contributed by atoms with Crippen molar-refractivity contribution in [2.75, 3.05) is 106 Å². The topological polar surface area (TPSA) is 131 Å². The maximum absolute atomic E-state index is 12.0. The van der Waals surface area contributed by atoms with Gasteiger partial charge in [0.2, 0.25) is 0 Å². The summed E-state index contributed by atoms with van der Waals surface area (Å²) >= 11 is 5.56. The molecule has 674 valence electrons. The fourth-order valence-corrected chi connectivity index (χ4v) is 14.6. The Bertz CT molecular complexity index is 1680. The minimum Gasteiger partial charge on any atom is -0.462 e. The number of unbranched alkanes of at least 4 members (excludes halogenated alkanes) is 66. The Hall–Kier alpha value is -1.09. The van der Waals surface area contributed by atoms with Gasteiger partial charge < -0.3 is 43.0 Å². The highest BCUT2D eigenvalue weighted by Crippen LogP contribution is 2.20. The predicted molar refractivity (Wildman–Crippen MR) is 486 cm³/mol. The number of likely N-dealkylation sites (N-methyl/N-ethyl adjacent to an activating group) is 1. The average Bonchev–Trinajstić information content (AvgIpc) is 1.02. The van der Waals surface area contributed by atoms with Gasteiger partial charge in [0.05, 0.1) is 33.0 Å². The normalized spacial score (nSPS) is 12.3. The van der Waals surface area contributed by atoms with Gasteiger partial charge in [-0.3, -0.25) is 14.5 Å². The van der Waals surface area contributed by atoms with E-state index in [1.165, 1.54) is 424 Å². The third-order valence-electron chi connectivity index (χ3n) is 22.0. The molecule has 0 bridgehead atoms. The molecule has 0 spiro atoms. The van der Waals surface area contributed by atoms with E-state index in [9.17, 15) is 14.7 Å². The van der Waals surface area contributed by atoms with Crippen LogP contribution in [0.5, 0.6) is 0 Å². The molecule has 0 rings (SSSR count). The molecule has 13 heteroatoms. The molecule has 0 aliphatic heterocycles. The van der Waals surface area contributed by atoms with Crippen LogP contribution in [0.3, 0.4) is 0 Å². The van der Waals surface area contributed by atoms with Crippen LogP contribution in [0.25, 0.3) is 0 Å². The second-order valence-corrected chi connectivity index (χ2v) is 34.2. The summed E-state index contributed by atoms with van der Waals surface area (Å²) in [5.74, 6) is -0.720. The zero-order valence-electron chi connectivity index (χ0n) is 76.9. The maximum atomic E-state index is 12.0. The number of alkyl halides is 1. The van der Waals surface area contributed by atoms with E-state index in [1.807, 2.05) is 19.0 Å². The molecule has 0 heterocycles. The van der Waals surface area contributed by atoms with E-state index in [0.29, 0.717) is 33.0 Å². The molecular formula is C99H200ClNO11. The summed E-state index contributed by atoms with van der Waals surface area (Å²) in [6.45, 7) is 20.5. The molecule has 0 aromatic carbocycles. The molecule has 12 nitrogen and oxygen atoms in total. The lowest BCUT2D eigenvalue weighted by Crippen LogP contribution is -2.31. The van der Waals surface area contributed by atoms with E-state index in [-0.39, 0.29) is 50.0 Å². The molecular weight excluding hydrogens is 1410 g/mol. The Morgan fingerprint density at radius 2 is 0.411 bits per heavy atom. The number of aliphatic hydroxyl groups is 1. The molecule has 0 amide bonds. The van der Waals surface area contributed by atoms with Crippen molar-refractivity contribution in [2.24, 2.45) is 0 Å². The summed E-state index contributed by atoms with van der Waals surface area (Å²) in [5.41, 5.74) is 0. The largest absolute Gasteiger partial charge is 0.462 e. The van der Waals surface area contributed by atoms with Crippen molar-refractivity contribution in [3.63, 3.8) is 0 Å². The lowest BCUT2D eigenvalue weighted by Gasteiger charge is -2.19. The van der Waals surface area contributed by atoms with Crippen LogP contribution >= 0.6 is 11.6 Å². The molecule has 3 atom stereocenters. The molecule has 0 aliphatic carbocycles. The minimum absolute atomic E-state index is 0.0662. The van der Waals surface area contributed by atoms with Crippen molar-refractivity contribution in [3.05, 3.63) is 0 Å². The highest BCUT2D eigenvalue weighted by Gasteiger charge is 2.16. The molecule has 0 fully saturated rings. The molecule has 0 radical (unpaired) electrons. The molecule has 0 saturated carbocycles. The summed E-state index contributed by atoms with van der Waals surface area (Å²) in [6.07, 6.45) is 96.4. The van der Waals surface area contributed by atoms with E-state index >= 15 is 0 Å². The van der Waals surface area contributed by atoms with Gasteiger partial charge in [0, 0.05) is 39.6 Å². The van der Waals surface area contributed by atoms with Crippen molar-refractivity contribution >= 4 is 23.5 Å². The molecule has 0 aromatic rings. The van der Waals surface area contributed by atoms with Crippen molar-refractivity contribution < 1.29 is 52.6 Å². The van der Waals surface area contributed by atoms with Crippen molar-refractivity contribution in [3.8, 4) is 0 Å². The number of hydrogen-bond donors (Lipinski definition) is 1. The van der Waals surface area contributed by atoms with Crippen LogP contribution in [0.4, 0.5) is 0 Å². The van der Waals surface area contributed by atoms with Gasteiger partial charge in [-0.05, 0) is 52.6 Å². The van der Waals surface area contributed by atoms with Gasteiger partial charge in [0.25, 0.3) is 0 Å². The number of carbonyl (C=O) groups excluding carboxylic acids is 2. The van der Waals surface area contributed by atoms with Gasteiger partial charge in [0.15, 0.2) is 0 Å². The van der Waals surface area contributed by atoms with Crippen LogP contribution in [0.2, 0.25) is 0 Å². The fraction of sp³-hybridized carbons (Fsp3) is 0.980. The van der Waals surface area contributed by atoms with Crippen LogP contribution < -0.4 is 0 Å². The number of carbonyl (C=O) groups is 2. The molecule has 3 unspecified atom stereocenters. The Morgan fingerprint density at radius 3 is 0.598 bits per heavy atom. The van der Waals surface area contributed by atoms with E-state index in [1.54, 1.807) is 0 Å². The third kappa shape index (κ3) is 105. The summed E-state index contributed by atoms with van der Waals surface area (Å²) in [7, 11) is 3.75. The van der Waals surface area contributed by atoms with Gasteiger partial charge in [0.1, 0.15) is 37.4 Å². The minimum atomic E-state index is -0.397. The molecule has 0 saturated heterocycles. The van der Waals surface area contributed by atoms with E-state index in [4.69, 9.17) is 49.5 Å². The second-order valence-electron chi connectivity index (χ2n) is 34.0. The van der Waals surface area contributed by atoms with Crippen molar-refractivity contribution in [2.45, 2.75) is 522 Å². The van der Waals surface area contributed by atoms with E-state index in [2.05, 4.69) is 41.5 Å². The highest BCUT2D eigenvalue weighted by atomic mass is 35.5. The Kier molecular flexibility index (Phi) is 109. The quantitative estimate of drug-likeness (QED) is 0.0353. The average molecular weight is 1620 g/mol. The van der Waals surface area contributed by atoms with E-state index < -0.39 is 5.97 Å². The molecule has 0 aliphatic rings. The van der Waals surface area contributed by atoms with E-state index in [0.717, 1.165) is 71.6 Å². The standard InChI is InChI=1S/C35H71NO4.C33H65ClO4.C31H64O3/c1-5-7-9-11-13-15-17-19-21-23-25-27-29-38-32-34(33-40-35(37)31-36(3)4)39-30-28-26-24-22-20-18-16-14-12-10-8-6-2;1-3-5-7-9-11-13-15-17-19-21-23-25-27-36-30-32(31-38-33(35)29-34)37-28-26-24-22-20-18-16-14-12-10-8-6-4-2;1-3-5-7-9-11-13-15-17-19-21-23-25-27-33-30-31(29-32)34-28-26-24-22-20-18-16-14-12-10-8-6-4-2/h34H,5-33H2,1-4H3;32H,3-31H2,1-2H3;31-32H,3-30H2,1-2H3. The number of halogens is 1. The zero-order chi connectivity index (χ0) is 81.9. The number of hydrogen-bond acceptors (Lipinski definition) is 12. The lowest BCUT2D eigenvalue weighted by molar-refractivity contribution is -0.150. The van der Waals surface area contributed by atoms with Crippen LogP contribution in [0.15, 0.2) is 0 Å². The zero-order valence-corrected chi connectivity index (χ0v) is 77.7. The van der Waals surface area contributed by atoms with Crippen LogP contribution in [0, 0.1) is 0 Å². The molecule has 112 heavy (non-hydrogen) atoms. The lowest BCUT2D eigenvalue weighted by atomic mass is 10.1. The first-order chi connectivity index (χ1) is 55.2. The first-order valence-electron chi connectivity index (χ1n) is 49.9. The summed E-state index contributed by atoms with van der Waals surface area (Å²) < 4.78 is 46.1. The smallest absolute Gasteiger partial charge is 0.320 e. The van der Waals surface area contributed by atoms with Gasteiger partial charge in [-0.2, -0.15) is 0 Å². The highest BCUT2D eigenvalue weighted by molar-refractivity contribution is 6.26. The molecule has 1 N–H and O–H groups in total.